The largest absolute Gasteiger partial charge is 0.462 e. The van der Waals surface area contributed by atoms with Crippen molar-refractivity contribution in [3.8, 4) is 10.4 Å². The van der Waals surface area contributed by atoms with Gasteiger partial charge in [-0.15, -0.1) is 21.5 Å². The number of rotatable bonds is 9. The molecule has 0 aliphatic rings. The maximum absolute atomic E-state index is 12.9. The summed E-state index contributed by atoms with van der Waals surface area (Å²) in [5, 5.41) is 11.2. The highest BCUT2D eigenvalue weighted by Gasteiger charge is 2.24. The average Bonchev–Trinajstić information content (AvgIpc) is 3.47. The molecule has 0 aliphatic carbocycles. The fourth-order valence-corrected chi connectivity index (χ4v) is 4.89. The van der Waals surface area contributed by atoms with E-state index in [1.54, 1.807) is 19.9 Å². The van der Waals surface area contributed by atoms with E-state index in [1.165, 1.54) is 23.1 Å². The maximum atomic E-state index is 12.9. The number of amides is 1. The molecule has 0 fully saturated rings. The van der Waals surface area contributed by atoms with Crippen LogP contribution in [0.4, 0.5) is 5.00 Å². The Morgan fingerprint density at radius 2 is 1.79 bits per heavy atom. The average molecular weight is 494 g/mol. The lowest BCUT2D eigenvalue weighted by Crippen LogP contribution is -2.23. The predicted molar refractivity (Wildman–Crippen MR) is 133 cm³/mol. The number of ether oxygens (including phenoxy) is 1. The molecule has 1 amide bonds. The lowest BCUT2D eigenvalue weighted by Gasteiger charge is -2.10. The molecule has 2 aromatic heterocycles. The minimum atomic E-state index is -0.526. The van der Waals surface area contributed by atoms with E-state index in [1.807, 2.05) is 60.7 Å². The zero-order valence-electron chi connectivity index (χ0n) is 18.7. The molecule has 9 heteroatoms. The first kappa shape index (κ1) is 23.7. The van der Waals surface area contributed by atoms with Gasteiger partial charge in [0.1, 0.15) is 5.00 Å². The van der Waals surface area contributed by atoms with E-state index in [4.69, 9.17) is 9.15 Å². The van der Waals surface area contributed by atoms with Crippen LogP contribution in [0, 0.1) is 0 Å². The summed E-state index contributed by atoms with van der Waals surface area (Å²) in [4.78, 5) is 26.3. The van der Waals surface area contributed by atoms with Gasteiger partial charge in [0.15, 0.2) is 0 Å². The van der Waals surface area contributed by atoms with Gasteiger partial charge in [0.05, 0.1) is 23.8 Å². The number of benzene rings is 2. The van der Waals surface area contributed by atoms with Gasteiger partial charge < -0.3 is 14.5 Å². The first-order valence-electron chi connectivity index (χ1n) is 10.7. The van der Waals surface area contributed by atoms with Crippen molar-refractivity contribution in [1.29, 1.82) is 0 Å². The van der Waals surface area contributed by atoms with Gasteiger partial charge in [-0.2, -0.15) is 0 Å². The maximum Gasteiger partial charge on any atom is 0.341 e. The third kappa shape index (κ3) is 5.92. The number of anilines is 1. The zero-order chi connectivity index (χ0) is 23.9. The van der Waals surface area contributed by atoms with Crippen molar-refractivity contribution < 1.29 is 18.7 Å². The molecular weight excluding hydrogens is 470 g/mol. The number of thiophene rings is 1. The smallest absolute Gasteiger partial charge is 0.341 e. The lowest BCUT2D eigenvalue weighted by molar-refractivity contribution is -0.115. The van der Waals surface area contributed by atoms with Gasteiger partial charge >= 0.3 is 5.97 Å². The second kappa shape index (κ2) is 11.1. The molecule has 0 saturated heterocycles. The normalized spacial score (nSPS) is 11.7. The minimum absolute atomic E-state index is 0.247. The quantitative estimate of drug-likeness (QED) is 0.237. The van der Waals surface area contributed by atoms with E-state index in [0.717, 1.165) is 16.0 Å². The molecule has 1 unspecified atom stereocenters. The number of esters is 1. The number of carbonyl (C=O) groups excluding carboxylic acids is 2. The lowest BCUT2D eigenvalue weighted by atomic mass is 10.1. The van der Waals surface area contributed by atoms with E-state index in [2.05, 4.69) is 15.5 Å². The molecule has 7 nitrogen and oxygen atoms in total. The summed E-state index contributed by atoms with van der Waals surface area (Å²) in [5.74, 6) is -0.268. The van der Waals surface area contributed by atoms with Crippen LogP contribution in [0.25, 0.3) is 10.4 Å². The molecule has 2 aromatic carbocycles. The summed E-state index contributed by atoms with van der Waals surface area (Å²) >= 11 is 2.50. The fourth-order valence-electron chi connectivity index (χ4n) is 3.14. The Kier molecular flexibility index (Phi) is 7.76. The monoisotopic (exact) mass is 493 g/mol. The summed E-state index contributed by atoms with van der Waals surface area (Å²) < 4.78 is 10.9. The van der Waals surface area contributed by atoms with Crippen molar-refractivity contribution in [2.75, 3.05) is 11.9 Å². The van der Waals surface area contributed by atoms with Crippen molar-refractivity contribution in [2.45, 2.75) is 30.7 Å². The summed E-state index contributed by atoms with van der Waals surface area (Å²) in [5.41, 5.74) is 2.35. The van der Waals surface area contributed by atoms with Crippen molar-refractivity contribution in [3.05, 3.63) is 83.7 Å². The first-order valence-corrected chi connectivity index (χ1v) is 12.4. The summed E-state index contributed by atoms with van der Waals surface area (Å²) in [6.45, 7) is 3.74. The van der Waals surface area contributed by atoms with Crippen LogP contribution < -0.4 is 5.32 Å². The van der Waals surface area contributed by atoms with E-state index in [9.17, 15) is 9.59 Å². The predicted octanol–water partition coefficient (Wildman–Crippen LogP) is 5.68. The van der Waals surface area contributed by atoms with Gasteiger partial charge in [0.25, 0.3) is 5.22 Å². The van der Waals surface area contributed by atoms with Gasteiger partial charge in [-0.3, -0.25) is 4.79 Å². The van der Waals surface area contributed by atoms with Crippen LogP contribution in [-0.2, 0) is 16.0 Å². The molecule has 1 atom stereocenters. The van der Waals surface area contributed by atoms with Crippen molar-refractivity contribution in [2.24, 2.45) is 0 Å². The van der Waals surface area contributed by atoms with Crippen LogP contribution in [0.1, 0.15) is 35.7 Å². The molecule has 1 N–H and O–H groups in total. The Bertz CT molecular complexity index is 1260. The Morgan fingerprint density at radius 1 is 1.09 bits per heavy atom. The molecule has 4 rings (SSSR count). The van der Waals surface area contributed by atoms with E-state index >= 15 is 0 Å². The highest BCUT2D eigenvalue weighted by atomic mass is 32.2. The minimum Gasteiger partial charge on any atom is -0.462 e. The summed E-state index contributed by atoms with van der Waals surface area (Å²) in [6, 6.07) is 21.2. The third-order valence-corrected chi connectivity index (χ3v) is 6.85. The number of hydrogen-bond acceptors (Lipinski definition) is 8. The van der Waals surface area contributed by atoms with Gasteiger partial charge in [-0.05, 0) is 31.0 Å². The molecule has 0 saturated carbocycles. The molecule has 0 aliphatic heterocycles. The standard InChI is InChI=1S/C25H23N3O4S2/c1-3-31-24(30)19-15-20(18-12-8-5-9-13-18)34-23(19)26-22(29)16(2)33-25-28-27-21(32-25)14-17-10-6-4-7-11-17/h4-13,15-16H,3,14H2,1-2H3,(H,26,29). The molecule has 0 bridgehead atoms. The van der Waals surface area contributed by atoms with Crippen LogP contribution in [0.2, 0.25) is 0 Å². The molecule has 4 aromatic rings. The molecule has 0 spiro atoms. The Morgan fingerprint density at radius 3 is 2.50 bits per heavy atom. The van der Waals surface area contributed by atoms with Crippen molar-refractivity contribution in [3.63, 3.8) is 0 Å². The third-order valence-electron chi connectivity index (χ3n) is 4.82. The Hall–Kier alpha value is -3.43. The molecular formula is C25H23N3O4S2. The zero-order valence-corrected chi connectivity index (χ0v) is 20.3. The number of aromatic nitrogens is 2. The highest BCUT2D eigenvalue weighted by molar-refractivity contribution is 8.00. The topological polar surface area (TPSA) is 94.3 Å². The van der Waals surface area contributed by atoms with Crippen LogP contribution in [0.5, 0.6) is 0 Å². The second-order valence-electron chi connectivity index (χ2n) is 7.31. The van der Waals surface area contributed by atoms with E-state index in [-0.39, 0.29) is 12.5 Å². The fraction of sp³-hybridized carbons (Fsp3) is 0.200. The molecule has 2 heterocycles. The number of thioether (sulfide) groups is 1. The second-order valence-corrected chi connectivity index (χ2v) is 9.66. The number of carbonyl (C=O) groups is 2. The molecule has 0 radical (unpaired) electrons. The van der Waals surface area contributed by atoms with Crippen LogP contribution in [-0.4, -0.2) is 33.9 Å². The Labute approximate surface area is 205 Å². The van der Waals surface area contributed by atoms with Crippen molar-refractivity contribution >= 4 is 40.0 Å². The van der Waals surface area contributed by atoms with E-state index in [0.29, 0.717) is 28.1 Å². The van der Waals surface area contributed by atoms with Crippen LogP contribution in [0.3, 0.4) is 0 Å². The van der Waals surface area contributed by atoms with Crippen LogP contribution >= 0.6 is 23.1 Å². The number of nitrogens with zero attached hydrogens (tertiary/aromatic N) is 2. The molecule has 34 heavy (non-hydrogen) atoms. The van der Waals surface area contributed by atoms with Gasteiger partial charge in [-0.25, -0.2) is 4.79 Å². The SMILES string of the molecule is CCOC(=O)c1cc(-c2ccccc2)sc1NC(=O)C(C)Sc1nnc(Cc2ccccc2)o1. The van der Waals surface area contributed by atoms with Gasteiger partial charge in [0.2, 0.25) is 11.8 Å². The first-order chi connectivity index (χ1) is 16.5. The molecule has 174 valence electrons. The van der Waals surface area contributed by atoms with Crippen molar-refractivity contribution in [1.82, 2.24) is 10.2 Å². The van der Waals surface area contributed by atoms with Gasteiger partial charge in [0, 0.05) is 4.88 Å². The van der Waals surface area contributed by atoms with Crippen LogP contribution in [0.15, 0.2) is 76.4 Å². The summed E-state index contributed by atoms with van der Waals surface area (Å²) in [6.07, 6.45) is 0.523. The van der Waals surface area contributed by atoms with E-state index < -0.39 is 11.2 Å². The number of hydrogen-bond donors (Lipinski definition) is 1. The summed E-state index contributed by atoms with van der Waals surface area (Å²) in [7, 11) is 0. The highest BCUT2D eigenvalue weighted by Crippen LogP contribution is 2.36. The Balaban J connectivity index is 1.45. The number of nitrogens with one attached hydrogen (secondary N) is 1. The van der Waals surface area contributed by atoms with Gasteiger partial charge in [-0.1, -0.05) is 72.4 Å².